The Kier molecular flexibility index (Phi) is 9.67. The van der Waals surface area contributed by atoms with Gasteiger partial charge in [0, 0.05) is 12.8 Å². The predicted octanol–water partition coefficient (Wildman–Crippen LogP) is 3.16. The van der Waals surface area contributed by atoms with Crippen LogP contribution >= 0.6 is 0 Å². The number of hydrogen-bond acceptors (Lipinski definition) is 5. The molecule has 3 N–H and O–H groups in total. The summed E-state index contributed by atoms with van der Waals surface area (Å²) in [6.07, 6.45) is 9.79. The molecule has 1 aromatic carbocycles. The zero-order valence-electron chi connectivity index (χ0n) is 17.1. The molecule has 0 amide bonds. The molecule has 0 heterocycles. The van der Waals surface area contributed by atoms with Gasteiger partial charge in [-0.05, 0) is 48.1 Å². The highest BCUT2D eigenvalue weighted by molar-refractivity contribution is 5.69. The molecule has 2 rings (SSSR count). The van der Waals surface area contributed by atoms with Gasteiger partial charge >= 0.3 is 5.97 Å². The predicted molar refractivity (Wildman–Crippen MR) is 113 cm³/mol. The van der Waals surface area contributed by atoms with Gasteiger partial charge in [-0.3, -0.25) is 4.79 Å². The van der Waals surface area contributed by atoms with Crippen molar-refractivity contribution < 1.29 is 29.2 Å². The van der Waals surface area contributed by atoms with Gasteiger partial charge in [0.25, 0.3) is 0 Å². The molecular weight excluding hydrogens is 387 g/mol. The summed E-state index contributed by atoms with van der Waals surface area (Å²) >= 11 is 0. The molecule has 0 aliphatic heterocycles. The Hall–Kier alpha value is -2.54. The minimum Gasteiger partial charge on any atom is -0.469 e. The van der Waals surface area contributed by atoms with E-state index in [0.29, 0.717) is 19.3 Å². The summed E-state index contributed by atoms with van der Waals surface area (Å²) in [7, 11) is 1.34. The molecular formula is C24H29FO5. The number of allylic oxidation sites excluding steroid dienone is 6. The van der Waals surface area contributed by atoms with E-state index in [1.807, 2.05) is 24.3 Å². The van der Waals surface area contributed by atoms with Gasteiger partial charge in [-0.25, -0.2) is 4.39 Å². The smallest absolute Gasteiger partial charge is 0.305 e. The Balaban J connectivity index is 1.88. The molecule has 3 atom stereocenters. The fourth-order valence-corrected chi connectivity index (χ4v) is 3.12. The van der Waals surface area contributed by atoms with Crippen LogP contribution in [0.5, 0.6) is 0 Å². The number of aliphatic hydroxyl groups is 3. The molecule has 0 radical (unpaired) electrons. The van der Waals surface area contributed by atoms with E-state index in [2.05, 4.69) is 4.74 Å². The monoisotopic (exact) mass is 416 g/mol. The van der Waals surface area contributed by atoms with Gasteiger partial charge in [0.05, 0.1) is 25.4 Å². The maximum Gasteiger partial charge on any atom is 0.305 e. The number of halogens is 1. The second-order valence-corrected chi connectivity index (χ2v) is 7.28. The molecule has 0 saturated heterocycles. The number of methoxy groups -OCH3 is 1. The highest BCUT2D eigenvalue weighted by Gasteiger charge is 2.16. The van der Waals surface area contributed by atoms with Crippen molar-refractivity contribution in [2.24, 2.45) is 0 Å². The number of aliphatic hydroxyl groups excluding tert-OH is 3. The molecule has 1 aliphatic rings. The van der Waals surface area contributed by atoms with Gasteiger partial charge in [-0.1, -0.05) is 48.6 Å². The van der Waals surface area contributed by atoms with Crippen LogP contribution in [0, 0.1) is 5.82 Å². The van der Waals surface area contributed by atoms with Gasteiger partial charge in [0.2, 0.25) is 0 Å². The van der Waals surface area contributed by atoms with Gasteiger partial charge in [0.15, 0.2) is 0 Å². The van der Waals surface area contributed by atoms with Crippen LogP contribution in [0.15, 0.2) is 71.9 Å². The molecule has 0 saturated carbocycles. The molecule has 0 fully saturated rings. The largest absolute Gasteiger partial charge is 0.469 e. The lowest BCUT2D eigenvalue weighted by atomic mass is 9.96. The maximum absolute atomic E-state index is 13.0. The summed E-state index contributed by atoms with van der Waals surface area (Å²) in [5.41, 5.74) is 2.41. The first-order valence-corrected chi connectivity index (χ1v) is 9.99. The molecule has 0 aromatic heterocycles. The van der Waals surface area contributed by atoms with Gasteiger partial charge in [-0.2, -0.15) is 0 Å². The molecule has 6 heteroatoms. The van der Waals surface area contributed by atoms with Crippen molar-refractivity contribution in [3.63, 3.8) is 0 Å². The van der Waals surface area contributed by atoms with Crippen molar-refractivity contribution in [1.29, 1.82) is 0 Å². The Morgan fingerprint density at radius 2 is 1.87 bits per heavy atom. The first-order valence-electron chi connectivity index (χ1n) is 9.99. The van der Waals surface area contributed by atoms with Crippen molar-refractivity contribution in [2.75, 3.05) is 7.11 Å². The fraction of sp³-hybridized carbons (Fsp3) is 0.375. The van der Waals surface area contributed by atoms with Crippen LogP contribution < -0.4 is 0 Å². The lowest BCUT2D eigenvalue weighted by Crippen LogP contribution is -2.26. The van der Waals surface area contributed by atoms with Crippen LogP contribution in [-0.2, 0) is 16.0 Å². The Labute approximate surface area is 176 Å². The summed E-state index contributed by atoms with van der Waals surface area (Å²) in [6, 6.07) is 5.78. The molecule has 162 valence electrons. The molecule has 1 aromatic rings. The van der Waals surface area contributed by atoms with Crippen LogP contribution in [-0.4, -0.2) is 46.7 Å². The highest BCUT2D eigenvalue weighted by Crippen LogP contribution is 2.22. The standard InChI is InChI=1S/C24H29FO5/c1-30-24(29)8-4-7-21(26)19-6-3-2-5-17(15-19)11-14-22(27)23(28)16-18-9-12-20(25)13-10-18/h2-3,5-6,9-14,21-23,26-28H,4,7-8,15-16H2,1H3/b14-11+/t21-,22-,23-/m0/s1. The van der Waals surface area contributed by atoms with E-state index in [9.17, 15) is 24.5 Å². The molecule has 0 bridgehead atoms. The van der Waals surface area contributed by atoms with E-state index >= 15 is 0 Å². The van der Waals surface area contributed by atoms with Gasteiger partial charge < -0.3 is 20.1 Å². The SMILES string of the molecule is COC(=O)CCC[C@H](O)C1=CC=CC=C(/C=C/[C@H](O)[C@@H](O)Cc2ccc(F)cc2)C1. The molecule has 0 unspecified atom stereocenters. The van der Waals surface area contributed by atoms with Crippen molar-refractivity contribution in [3.05, 3.63) is 83.2 Å². The van der Waals surface area contributed by atoms with Crippen LogP contribution in [0.1, 0.15) is 31.2 Å². The second kappa shape index (κ2) is 12.2. The van der Waals surface area contributed by atoms with E-state index in [0.717, 1.165) is 16.7 Å². The minimum absolute atomic E-state index is 0.203. The average Bonchev–Trinajstić information content (AvgIpc) is 2.99. The third kappa shape index (κ3) is 8.06. The summed E-state index contributed by atoms with van der Waals surface area (Å²) in [6.45, 7) is 0. The summed E-state index contributed by atoms with van der Waals surface area (Å²) in [5, 5.41) is 30.9. The van der Waals surface area contributed by atoms with Crippen LogP contribution in [0.2, 0.25) is 0 Å². The van der Waals surface area contributed by atoms with E-state index in [1.54, 1.807) is 18.2 Å². The average molecular weight is 416 g/mol. The number of carbonyl (C=O) groups is 1. The van der Waals surface area contributed by atoms with Gasteiger partial charge in [0.1, 0.15) is 5.82 Å². The third-order valence-electron chi connectivity index (χ3n) is 4.91. The van der Waals surface area contributed by atoms with E-state index < -0.39 is 18.3 Å². The van der Waals surface area contributed by atoms with Crippen LogP contribution in [0.4, 0.5) is 4.39 Å². The van der Waals surface area contributed by atoms with Crippen LogP contribution in [0.25, 0.3) is 0 Å². The number of hydrogen-bond donors (Lipinski definition) is 3. The van der Waals surface area contributed by atoms with Gasteiger partial charge in [-0.15, -0.1) is 0 Å². The van der Waals surface area contributed by atoms with E-state index in [-0.39, 0.29) is 24.6 Å². The number of benzene rings is 1. The zero-order chi connectivity index (χ0) is 21.9. The van der Waals surface area contributed by atoms with E-state index in [1.165, 1.54) is 25.3 Å². The van der Waals surface area contributed by atoms with Crippen molar-refractivity contribution in [3.8, 4) is 0 Å². The topological polar surface area (TPSA) is 87.0 Å². The van der Waals surface area contributed by atoms with Crippen LogP contribution in [0.3, 0.4) is 0 Å². The molecule has 1 aliphatic carbocycles. The number of rotatable bonds is 10. The number of ether oxygens (including phenoxy) is 1. The summed E-state index contributed by atoms with van der Waals surface area (Å²) in [4.78, 5) is 11.2. The minimum atomic E-state index is -1.08. The van der Waals surface area contributed by atoms with Crippen molar-refractivity contribution in [1.82, 2.24) is 0 Å². The Morgan fingerprint density at radius 1 is 1.17 bits per heavy atom. The first-order chi connectivity index (χ1) is 14.4. The number of carbonyl (C=O) groups excluding carboxylic acids is 1. The zero-order valence-corrected chi connectivity index (χ0v) is 17.1. The summed E-state index contributed by atoms with van der Waals surface area (Å²) < 4.78 is 17.6. The Bertz CT molecular complexity index is 807. The van der Waals surface area contributed by atoms with Crippen molar-refractivity contribution >= 4 is 5.97 Å². The first kappa shape index (κ1) is 23.7. The number of esters is 1. The highest BCUT2D eigenvalue weighted by atomic mass is 19.1. The lowest BCUT2D eigenvalue weighted by molar-refractivity contribution is -0.140. The second-order valence-electron chi connectivity index (χ2n) is 7.28. The fourth-order valence-electron chi connectivity index (χ4n) is 3.12. The normalized spacial score (nSPS) is 17.1. The lowest BCUT2D eigenvalue weighted by Gasteiger charge is -2.16. The summed E-state index contributed by atoms with van der Waals surface area (Å²) in [5.74, 6) is -0.646. The molecule has 5 nitrogen and oxygen atoms in total. The molecule has 0 spiro atoms. The Morgan fingerprint density at radius 3 is 2.57 bits per heavy atom. The molecule has 30 heavy (non-hydrogen) atoms. The third-order valence-corrected chi connectivity index (χ3v) is 4.91. The van der Waals surface area contributed by atoms with Crippen molar-refractivity contribution in [2.45, 2.75) is 50.4 Å². The quantitative estimate of drug-likeness (QED) is 0.510. The van der Waals surface area contributed by atoms with E-state index in [4.69, 9.17) is 0 Å². The maximum atomic E-state index is 13.0.